The smallest absolute Gasteiger partial charge is 0.314 e. The first kappa shape index (κ1) is 16.6. The number of pyridine rings is 1. The molecule has 0 saturated carbocycles. The van der Waals surface area contributed by atoms with Crippen LogP contribution < -0.4 is 21.7 Å². The van der Waals surface area contributed by atoms with Crippen molar-refractivity contribution in [1.82, 2.24) is 25.8 Å². The Morgan fingerprint density at radius 2 is 2.08 bits per heavy atom. The number of aromatic nitrogens is 3. The highest BCUT2D eigenvalue weighted by Gasteiger charge is 2.07. The molecule has 2 amide bonds. The lowest BCUT2D eigenvalue weighted by atomic mass is 10.1. The number of hydrogen-bond acceptors (Lipinski definition) is 5. The molecule has 1 aromatic carbocycles. The van der Waals surface area contributed by atoms with Crippen molar-refractivity contribution < 1.29 is 4.79 Å². The first-order valence-electron chi connectivity index (χ1n) is 8.13. The summed E-state index contributed by atoms with van der Waals surface area (Å²) >= 11 is 0. The number of aromatic amines is 1. The van der Waals surface area contributed by atoms with Gasteiger partial charge in [-0.15, -0.1) is 0 Å². The summed E-state index contributed by atoms with van der Waals surface area (Å²) in [6.45, 7) is 3.56. The summed E-state index contributed by atoms with van der Waals surface area (Å²) in [7, 11) is 0. The van der Waals surface area contributed by atoms with Crippen LogP contribution in [0.15, 0.2) is 36.5 Å². The number of carbonyl (C=O) groups is 1. The Labute approximate surface area is 145 Å². The predicted molar refractivity (Wildman–Crippen MR) is 99.3 cm³/mol. The van der Waals surface area contributed by atoms with Crippen LogP contribution in [0.2, 0.25) is 0 Å². The van der Waals surface area contributed by atoms with Crippen LogP contribution in [0.5, 0.6) is 0 Å². The number of hydrogen-bond donors (Lipinski definition) is 5. The van der Waals surface area contributed by atoms with Crippen molar-refractivity contribution in [2.45, 2.75) is 6.92 Å². The highest BCUT2D eigenvalue weighted by atomic mass is 16.2. The van der Waals surface area contributed by atoms with E-state index in [0.29, 0.717) is 25.5 Å². The summed E-state index contributed by atoms with van der Waals surface area (Å²) in [6, 6.07) is 9.50. The quantitative estimate of drug-likeness (QED) is 0.440. The van der Waals surface area contributed by atoms with E-state index in [4.69, 9.17) is 5.73 Å². The molecule has 0 spiro atoms. The van der Waals surface area contributed by atoms with Gasteiger partial charge in [0.25, 0.3) is 0 Å². The van der Waals surface area contributed by atoms with Crippen LogP contribution in [0, 0.1) is 0 Å². The molecule has 0 radical (unpaired) electrons. The van der Waals surface area contributed by atoms with Crippen molar-refractivity contribution in [1.29, 1.82) is 0 Å². The Morgan fingerprint density at radius 3 is 2.84 bits per heavy atom. The van der Waals surface area contributed by atoms with Crippen molar-refractivity contribution >= 4 is 28.4 Å². The normalized spacial score (nSPS) is 10.6. The number of nitrogen functional groups attached to an aromatic ring is 1. The first-order valence-corrected chi connectivity index (χ1v) is 8.13. The molecule has 25 heavy (non-hydrogen) atoms. The SMILES string of the molecule is CCNC(=O)NCCNc1cc(N)nc2cc(-c3ccn[nH]3)ccc12. The second-order valence-electron chi connectivity index (χ2n) is 5.51. The molecular formula is C17H21N7O. The maximum atomic E-state index is 11.4. The Kier molecular flexibility index (Phi) is 4.98. The summed E-state index contributed by atoms with van der Waals surface area (Å²) in [5.74, 6) is 0.438. The van der Waals surface area contributed by atoms with Crippen molar-refractivity contribution in [3.63, 3.8) is 0 Å². The molecule has 0 aliphatic carbocycles. The van der Waals surface area contributed by atoms with Gasteiger partial charge in [-0.25, -0.2) is 9.78 Å². The molecule has 6 N–H and O–H groups in total. The van der Waals surface area contributed by atoms with Gasteiger partial charge in [-0.05, 0) is 19.1 Å². The van der Waals surface area contributed by atoms with Crippen LogP contribution in [-0.4, -0.2) is 40.8 Å². The molecular weight excluding hydrogens is 318 g/mol. The molecule has 2 heterocycles. The van der Waals surface area contributed by atoms with Gasteiger partial charge in [-0.1, -0.05) is 12.1 Å². The average molecular weight is 339 g/mol. The number of H-pyrrole nitrogens is 1. The van der Waals surface area contributed by atoms with Gasteiger partial charge in [0.15, 0.2) is 0 Å². The minimum Gasteiger partial charge on any atom is -0.384 e. The molecule has 0 fully saturated rings. The molecule has 8 heteroatoms. The maximum absolute atomic E-state index is 11.4. The third-order valence-electron chi connectivity index (χ3n) is 3.70. The minimum atomic E-state index is -0.174. The summed E-state index contributed by atoms with van der Waals surface area (Å²) in [5.41, 5.74) is 9.53. The number of fused-ring (bicyclic) bond motifs is 1. The molecule has 8 nitrogen and oxygen atoms in total. The summed E-state index contributed by atoms with van der Waals surface area (Å²) in [4.78, 5) is 15.8. The molecule has 0 unspecified atom stereocenters. The second-order valence-corrected chi connectivity index (χ2v) is 5.51. The minimum absolute atomic E-state index is 0.174. The second kappa shape index (κ2) is 7.52. The van der Waals surface area contributed by atoms with Crippen LogP contribution in [-0.2, 0) is 0 Å². The molecule has 3 rings (SSSR count). The van der Waals surface area contributed by atoms with E-state index in [1.54, 1.807) is 12.3 Å². The van der Waals surface area contributed by atoms with Crippen molar-refractivity contribution in [3.05, 3.63) is 36.5 Å². The number of nitrogens with zero attached hydrogens (tertiary/aromatic N) is 2. The lowest BCUT2D eigenvalue weighted by Gasteiger charge is -2.12. The van der Waals surface area contributed by atoms with Crippen LogP contribution in [0.1, 0.15) is 6.92 Å². The van der Waals surface area contributed by atoms with Crippen molar-refractivity contribution in [2.24, 2.45) is 0 Å². The molecule has 0 atom stereocenters. The Hall–Kier alpha value is -3.29. The van der Waals surface area contributed by atoms with E-state index < -0.39 is 0 Å². The zero-order valence-electron chi connectivity index (χ0n) is 14.0. The highest BCUT2D eigenvalue weighted by molar-refractivity contribution is 5.95. The fraction of sp³-hybridized carbons (Fsp3) is 0.235. The van der Waals surface area contributed by atoms with Gasteiger partial charge in [0.1, 0.15) is 5.82 Å². The Morgan fingerprint density at radius 1 is 1.20 bits per heavy atom. The van der Waals surface area contributed by atoms with E-state index in [0.717, 1.165) is 27.8 Å². The van der Waals surface area contributed by atoms with Crippen LogP contribution in [0.4, 0.5) is 16.3 Å². The maximum Gasteiger partial charge on any atom is 0.314 e. The topological polar surface area (TPSA) is 121 Å². The first-order chi connectivity index (χ1) is 12.2. The van der Waals surface area contributed by atoms with Crippen LogP contribution in [0.25, 0.3) is 22.2 Å². The van der Waals surface area contributed by atoms with E-state index in [1.165, 1.54) is 0 Å². The molecule has 2 aromatic heterocycles. The molecule has 0 saturated heterocycles. The Bertz CT molecular complexity index is 861. The number of anilines is 2. The zero-order chi connectivity index (χ0) is 17.6. The van der Waals surface area contributed by atoms with Gasteiger partial charge in [0.2, 0.25) is 0 Å². The number of benzene rings is 1. The van der Waals surface area contributed by atoms with Crippen molar-refractivity contribution in [2.75, 3.05) is 30.7 Å². The Balaban J connectivity index is 1.75. The third-order valence-corrected chi connectivity index (χ3v) is 3.70. The zero-order valence-corrected chi connectivity index (χ0v) is 14.0. The average Bonchev–Trinajstić information content (AvgIpc) is 3.12. The van der Waals surface area contributed by atoms with E-state index in [-0.39, 0.29) is 6.03 Å². The standard InChI is InChI=1S/C17H21N7O/c1-2-19-17(25)21-8-7-20-14-10-16(18)23-15-9-11(3-4-12(14)15)13-5-6-22-24-13/h3-6,9-10H,2,7-8H2,1H3,(H,22,24)(H3,18,20,23)(H2,19,21,25). The number of amides is 2. The third kappa shape index (κ3) is 3.97. The van der Waals surface area contributed by atoms with E-state index >= 15 is 0 Å². The van der Waals surface area contributed by atoms with Gasteiger partial charge in [0, 0.05) is 48.5 Å². The fourth-order valence-corrected chi connectivity index (χ4v) is 2.58. The molecule has 0 aliphatic rings. The molecule has 130 valence electrons. The molecule has 3 aromatic rings. The predicted octanol–water partition coefficient (Wildman–Crippen LogP) is 1.94. The van der Waals surface area contributed by atoms with E-state index in [9.17, 15) is 4.79 Å². The summed E-state index contributed by atoms with van der Waals surface area (Å²) in [6.07, 6.45) is 1.71. The number of carbonyl (C=O) groups excluding carboxylic acids is 1. The number of nitrogens with two attached hydrogens (primary N) is 1. The van der Waals surface area contributed by atoms with E-state index in [2.05, 4.69) is 31.1 Å². The highest BCUT2D eigenvalue weighted by Crippen LogP contribution is 2.28. The lowest BCUT2D eigenvalue weighted by molar-refractivity contribution is 0.242. The van der Waals surface area contributed by atoms with Gasteiger partial charge in [-0.3, -0.25) is 5.10 Å². The number of rotatable bonds is 6. The van der Waals surface area contributed by atoms with Gasteiger partial charge >= 0.3 is 6.03 Å². The fourth-order valence-electron chi connectivity index (χ4n) is 2.58. The van der Waals surface area contributed by atoms with Gasteiger partial charge in [-0.2, -0.15) is 5.10 Å². The molecule has 0 bridgehead atoms. The van der Waals surface area contributed by atoms with Gasteiger partial charge < -0.3 is 21.7 Å². The monoisotopic (exact) mass is 339 g/mol. The van der Waals surface area contributed by atoms with E-state index in [1.807, 2.05) is 31.2 Å². The summed E-state index contributed by atoms with van der Waals surface area (Å²) in [5, 5.41) is 16.6. The molecule has 0 aliphatic heterocycles. The van der Waals surface area contributed by atoms with Crippen LogP contribution >= 0.6 is 0 Å². The lowest BCUT2D eigenvalue weighted by Crippen LogP contribution is -2.37. The van der Waals surface area contributed by atoms with Crippen molar-refractivity contribution in [3.8, 4) is 11.3 Å². The summed E-state index contributed by atoms with van der Waals surface area (Å²) < 4.78 is 0. The van der Waals surface area contributed by atoms with Crippen LogP contribution in [0.3, 0.4) is 0 Å². The number of nitrogens with one attached hydrogen (secondary N) is 4. The number of urea groups is 1. The largest absolute Gasteiger partial charge is 0.384 e. The van der Waals surface area contributed by atoms with Gasteiger partial charge in [0.05, 0.1) is 11.2 Å².